The molecule has 0 bridgehead atoms. The molecule has 2 aliphatic rings. The fraction of sp³-hybridized carbons (Fsp3) is 0.571. The van der Waals surface area contributed by atoms with E-state index in [2.05, 4.69) is 51.0 Å². The van der Waals surface area contributed by atoms with E-state index >= 15 is 0 Å². The van der Waals surface area contributed by atoms with Gasteiger partial charge in [-0.25, -0.2) is 4.98 Å². The highest BCUT2D eigenvalue weighted by Gasteiger charge is 2.32. The summed E-state index contributed by atoms with van der Waals surface area (Å²) in [7, 11) is 0. The molecule has 0 aliphatic carbocycles. The molecule has 0 saturated carbocycles. The van der Waals surface area contributed by atoms with Crippen molar-refractivity contribution in [2.24, 2.45) is 0 Å². The SMILES string of the molecule is CCn1ccnc1[C@H]1OCC[C@@H]1NCc1ccc(N2CCCCC2)cc1. The minimum Gasteiger partial charge on any atom is -0.372 e. The summed E-state index contributed by atoms with van der Waals surface area (Å²) in [6.45, 7) is 7.14. The summed E-state index contributed by atoms with van der Waals surface area (Å²) in [4.78, 5) is 7.04. The Hall–Kier alpha value is -1.85. The van der Waals surface area contributed by atoms with Gasteiger partial charge in [0.15, 0.2) is 0 Å². The van der Waals surface area contributed by atoms with Crippen LogP contribution in [0.25, 0.3) is 0 Å². The number of rotatable bonds is 6. The third kappa shape index (κ3) is 3.79. The zero-order chi connectivity index (χ0) is 17.8. The van der Waals surface area contributed by atoms with E-state index in [-0.39, 0.29) is 6.10 Å². The van der Waals surface area contributed by atoms with Crippen LogP contribution in [0.3, 0.4) is 0 Å². The maximum atomic E-state index is 5.99. The van der Waals surface area contributed by atoms with E-state index in [4.69, 9.17) is 4.74 Å². The molecule has 2 saturated heterocycles. The third-order valence-electron chi connectivity index (χ3n) is 5.66. The molecular weight excluding hydrogens is 324 g/mol. The van der Waals surface area contributed by atoms with Crippen LogP contribution >= 0.6 is 0 Å². The number of nitrogens with zero attached hydrogens (tertiary/aromatic N) is 3. The summed E-state index contributed by atoms with van der Waals surface area (Å²) < 4.78 is 8.17. The second-order valence-corrected chi connectivity index (χ2v) is 7.35. The lowest BCUT2D eigenvalue weighted by molar-refractivity contribution is 0.0886. The molecule has 140 valence electrons. The number of hydrogen-bond acceptors (Lipinski definition) is 4. The highest BCUT2D eigenvalue weighted by molar-refractivity contribution is 5.47. The largest absolute Gasteiger partial charge is 0.372 e. The van der Waals surface area contributed by atoms with Crippen molar-refractivity contribution in [3.63, 3.8) is 0 Å². The van der Waals surface area contributed by atoms with E-state index in [0.717, 1.165) is 31.9 Å². The van der Waals surface area contributed by atoms with Crippen molar-refractivity contribution in [1.82, 2.24) is 14.9 Å². The van der Waals surface area contributed by atoms with Gasteiger partial charge in [-0.1, -0.05) is 12.1 Å². The number of anilines is 1. The molecule has 26 heavy (non-hydrogen) atoms. The number of ether oxygens (including phenoxy) is 1. The van der Waals surface area contributed by atoms with Crippen LogP contribution in [0.2, 0.25) is 0 Å². The maximum Gasteiger partial charge on any atom is 0.139 e. The lowest BCUT2D eigenvalue weighted by Gasteiger charge is -2.29. The predicted molar refractivity (Wildman–Crippen MR) is 104 cm³/mol. The van der Waals surface area contributed by atoms with Gasteiger partial charge in [-0.15, -0.1) is 0 Å². The number of benzene rings is 1. The summed E-state index contributed by atoms with van der Waals surface area (Å²) in [6.07, 6.45) is 9.01. The molecule has 0 amide bonds. The molecule has 0 spiro atoms. The van der Waals surface area contributed by atoms with Crippen LogP contribution < -0.4 is 10.2 Å². The number of imidazole rings is 1. The minimum absolute atomic E-state index is 0.0533. The summed E-state index contributed by atoms with van der Waals surface area (Å²) >= 11 is 0. The molecule has 5 nitrogen and oxygen atoms in total. The standard InChI is InChI=1S/C21H30N4O/c1-2-24-14-11-22-21(24)20-19(10-15-26-20)23-16-17-6-8-18(9-7-17)25-12-4-3-5-13-25/h6-9,11,14,19-20,23H,2-5,10,12-13,15-16H2,1H3/t19-,20-/m0/s1. The quantitative estimate of drug-likeness (QED) is 0.862. The molecule has 0 unspecified atom stereocenters. The number of hydrogen-bond donors (Lipinski definition) is 1. The zero-order valence-electron chi connectivity index (χ0n) is 15.7. The van der Waals surface area contributed by atoms with E-state index in [1.807, 2.05) is 12.4 Å². The summed E-state index contributed by atoms with van der Waals surface area (Å²) in [5.41, 5.74) is 2.69. The first kappa shape index (κ1) is 17.6. The van der Waals surface area contributed by atoms with E-state index < -0.39 is 0 Å². The van der Waals surface area contributed by atoms with Crippen LogP contribution in [0.15, 0.2) is 36.7 Å². The first-order valence-corrected chi connectivity index (χ1v) is 10.0. The number of aromatic nitrogens is 2. The monoisotopic (exact) mass is 354 g/mol. The van der Waals surface area contributed by atoms with Gasteiger partial charge in [0.05, 0.1) is 0 Å². The van der Waals surface area contributed by atoms with Crippen molar-refractivity contribution in [2.75, 3.05) is 24.6 Å². The highest BCUT2D eigenvalue weighted by Crippen LogP contribution is 2.28. The molecule has 1 N–H and O–H groups in total. The second-order valence-electron chi connectivity index (χ2n) is 7.35. The molecule has 2 aliphatic heterocycles. The molecule has 3 heterocycles. The first-order valence-electron chi connectivity index (χ1n) is 10.0. The Balaban J connectivity index is 1.36. The molecule has 5 heteroatoms. The topological polar surface area (TPSA) is 42.3 Å². The second kappa shape index (κ2) is 8.23. The van der Waals surface area contributed by atoms with Gasteiger partial charge in [-0.2, -0.15) is 0 Å². The number of nitrogens with one attached hydrogen (secondary N) is 1. The normalized spacial score (nSPS) is 23.5. The van der Waals surface area contributed by atoms with Crippen molar-refractivity contribution in [3.8, 4) is 0 Å². The van der Waals surface area contributed by atoms with Gasteiger partial charge in [0.1, 0.15) is 11.9 Å². The Labute approximate surface area is 156 Å². The molecule has 2 fully saturated rings. The molecule has 4 rings (SSSR count). The van der Waals surface area contributed by atoms with Gasteiger partial charge in [0.2, 0.25) is 0 Å². The van der Waals surface area contributed by atoms with Gasteiger partial charge < -0.3 is 19.5 Å². The number of aryl methyl sites for hydroxylation is 1. The summed E-state index contributed by atoms with van der Waals surface area (Å²) in [5.74, 6) is 1.04. The lowest BCUT2D eigenvalue weighted by Crippen LogP contribution is -2.32. The van der Waals surface area contributed by atoms with Crippen LogP contribution in [0.4, 0.5) is 5.69 Å². The Morgan fingerprint density at radius 2 is 1.96 bits per heavy atom. The lowest BCUT2D eigenvalue weighted by atomic mass is 10.1. The number of piperidine rings is 1. The summed E-state index contributed by atoms with van der Waals surface area (Å²) in [6, 6.07) is 9.39. The molecule has 2 atom stereocenters. The fourth-order valence-corrected chi connectivity index (χ4v) is 4.12. The van der Waals surface area contributed by atoms with Crippen LogP contribution in [0.5, 0.6) is 0 Å². The highest BCUT2D eigenvalue weighted by atomic mass is 16.5. The van der Waals surface area contributed by atoms with Crippen LogP contribution in [0.1, 0.15) is 50.1 Å². The van der Waals surface area contributed by atoms with E-state index in [9.17, 15) is 0 Å². The van der Waals surface area contributed by atoms with Crippen LogP contribution in [-0.2, 0) is 17.8 Å². The van der Waals surface area contributed by atoms with Crippen molar-refractivity contribution < 1.29 is 4.74 Å². The zero-order valence-corrected chi connectivity index (χ0v) is 15.7. The van der Waals surface area contributed by atoms with E-state index in [0.29, 0.717) is 6.04 Å². The van der Waals surface area contributed by atoms with E-state index in [1.54, 1.807) is 0 Å². The first-order chi connectivity index (χ1) is 12.8. The van der Waals surface area contributed by atoms with Crippen LogP contribution in [-0.4, -0.2) is 35.3 Å². The molecule has 1 aromatic heterocycles. The average Bonchev–Trinajstić information content (AvgIpc) is 3.36. The third-order valence-corrected chi connectivity index (χ3v) is 5.66. The van der Waals surface area contributed by atoms with Gasteiger partial charge in [0, 0.05) is 56.9 Å². The van der Waals surface area contributed by atoms with E-state index in [1.165, 1.54) is 43.6 Å². The predicted octanol–water partition coefficient (Wildman–Crippen LogP) is 3.51. The van der Waals surface area contributed by atoms with Gasteiger partial charge >= 0.3 is 0 Å². The Morgan fingerprint density at radius 3 is 2.73 bits per heavy atom. The van der Waals surface area contributed by atoms with Crippen molar-refractivity contribution >= 4 is 5.69 Å². The Kier molecular flexibility index (Phi) is 5.56. The molecule has 2 aromatic rings. The van der Waals surface area contributed by atoms with Gasteiger partial charge in [-0.05, 0) is 50.3 Å². The smallest absolute Gasteiger partial charge is 0.139 e. The molecule has 0 radical (unpaired) electrons. The van der Waals surface area contributed by atoms with Crippen LogP contribution in [0, 0.1) is 0 Å². The fourth-order valence-electron chi connectivity index (χ4n) is 4.12. The van der Waals surface area contributed by atoms with Gasteiger partial charge in [0.25, 0.3) is 0 Å². The maximum absolute atomic E-state index is 5.99. The molecule has 1 aromatic carbocycles. The van der Waals surface area contributed by atoms with Crippen molar-refractivity contribution in [1.29, 1.82) is 0 Å². The summed E-state index contributed by atoms with van der Waals surface area (Å²) in [5, 5.41) is 3.69. The average molecular weight is 354 g/mol. The molecular formula is C21H30N4O. The Morgan fingerprint density at radius 1 is 1.15 bits per heavy atom. The minimum atomic E-state index is 0.0533. The Bertz CT molecular complexity index is 690. The van der Waals surface area contributed by atoms with Crippen molar-refractivity contribution in [3.05, 3.63) is 48.0 Å². The van der Waals surface area contributed by atoms with Crippen molar-refractivity contribution in [2.45, 2.75) is 57.8 Å². The van der Waals surface area contributed by atoms with Gasteiger partial charge in [-0.3, -0.25) is 0 Å².